The third-order valence-electron chi connectivity index (χ3n) is 8.68. The molecule has 0 spiro atoms. The van der Waals surface area contributed by atoms with Crippen LogP contribution in [0, 0.1) is 6.92 Å². The highest BCUT2D eigenvalue weighted by Gasteiger charge is 2.33. The van der Waals surface area contributed by atoms with E-state index in [4.69, 9.17) is 17.3 Å². The van der Waals surface area contributed by atoms with Crippen LogP contribution in [0.1, 0.15) is 42.9 Å². The molecule has 3 heterocycles. The number of amides is 3. The summed E-state index contributed by atoms with van der Waals surface area (Å²) in [6.07, 6.45) is 3.41. The fourth-order valence-electron chi connectivity index (χ4n) is 6.21. The fourth-order valence-corrected chi connectivity index (χ4v) is 6.50. The lowest BCUT2D eigenvalue weighted by molar-refractivity contribution is -0.134. The first-order valence-corrected chi connectivity index (χ1v) is 14.7. The molecule has 3 aromatic rings. The van der Waals surface area contributed by atoms with Gasteiger partial charge in [-0.3, -0.25) is 9.36 Å². The van der Waals surface area contributed by atoms with Gasteiger partial charge < -0.3 is 30.7 Å². The zero-order chi connectivity index (χ0) is 29.3. The van der Waals surface area contributed by atoms with Gasteiger partial charge in [-0.1, -0.05) is 29.8 Å². The second kappa shape index (κ2) is 12.2. The number of nitrogens with one attached hydrogen (secondary N) is 2. The van der Waals surface area contributed by atoms with E-state index in [1.807, 2.05) is 42.2 Å². The van der Waals surface area contributed by atoms with Crippen molar-refractivity contribution >= 4 is 40.3 Å². The summed E-state index contributed by atoms with van der Waals surface area (Å²) >= 11 is 6.36. The Hall–Kier alpha value is -3.50. The number of halogens is 1. The highest BCUT2D eigenvalue weighted by atomic mass is 35.5. The van der Waals surface area contributed by atoms with Gasteiger partial charge in [-0.15, -0.1) is 0 Å². The number of aromatic amines is 1. The van der Waals surface area contributed by atoms with Crippen LogP contribution in [0.3, 0.4) is 0 Å². The SMILES string of the molecule is Cc1cc(C[C@@H](NC(=O)N2CCC(n3c(=O)[nH]c4ccccc43)CC2)C(=O)N2CCC(N(C)C)CC2)cc(Cl)c1N. The van der Waals surface area contributed by atoms with Gasteiger partial charge in [0.1, 0.15) is 6.04 Å². The molecule has 1 atom stereocenters. The first kappa shape index (κ1) is 29.0. The Morgan fingerprint density at radius 2 is 1.73 bits per heavy atom. The van der Waals surface area contributed by atoms with E-state index in [0.29, 0.717) is 62.2 Å². The monoisotopic (exact) mass is 581 g/mol. The van der Waals surface area contributed by atoms with Gasteiger partial charge in [0.15, 0.2) is 0 Å². The summed E-state index contributed by atoms with van der Waals surface area (Å²) in [6, 6.07) is 10.8. The molecule has 2 aliphatic rings. The Morgan fingerprint density at radius 3 is 2.39 bits per heavy atom. The number of fused-ring (bicyclic) bond motifs is 1. The van der Waals surface area contributed by atoms with Crippen LogP contribution in [0.15, 0.2) is 41.2 Å². The molecule has 41 heavy (non-hydrogen) atoms. The van der Waals surface area contributed by atoms with Gasteiger partial charge in [0.2, 0.25) is 5.91 Å². The number of para-hydroxylation sites is 2. The van der Waals surface area contributed by atoms with Crippen molar-refractivity contribution in [1.82, 2.24) is 29.6 Å². The Kier molecular flexibility index (Phi) is 8.60. The zero-order valence-corrected chi connectivity index (χ0v) is 24.8. The average Bonchev–Trinajstić information content (AvgIpc) is 3.30. The number of hydrogen-bond acceptors (Lipinski definition) is 5. The van der Waals surface area contributed by atoms with Gasteiger partial charge in [0, 0.05) is 44.7 Å². The summed E-state index contributed by atoms with van der Waals surface area (Å²) in [4.78, 5) is 48.7. The molecule has 2 saturated heterocycles. The summed E-state index contributed by atoms with van der Waals surface area (Å²) in [6.45, 7) is 4.17. The predicted molar refractivity (Wildman–Crippen MR) is 162 cm³/mol. The van der Waals surface area contributed by atoms with Crippen molar-refractivity contribution in [3.8, 4) is 0 Å². The summed E-state index contributed by atoms with van der Waals surface area (Å²) in [5, 5.41) is 3.49. The van der Waals surface area contributed by atoms with Gasteiger partial charge in [0.25, 0.3) is 0 Å². The number of aryl methyl sites for hydroxylation is 1. The van der Waals surface area contributed by atoms with E-state index < -0.39 is 6.04 Å². The molecule has 0 aliphatic carbocycles. The lowest BCUT2D eigenvalue weighted by Crippen LogP contribution is -2.56. The van der Waals surface area contributed by atoms with Gasteiger partial charge in [-0.05, 0) is 76.0 Å². The Bertz CT molecular complexity index is 1440. The second-order valence-electron chi connectivity index (χ2n) is 11.6. The molecule has 0 radical (unpaired) electrons. The van der Waals surface area contributed by atoms with Crippen LogP contribution in [0.25, 0.3) is 11.0 Å². The molecule has 3 amide bonds. The smallest absolute Gasteiger partial charge is 0.326 e. The molecule has 2 aliphatic heterocycles. The molecule has 11 heteroatoms. The van der Waals surface area contributed by atoms with Crippen molar-refractivity contribution in [2.24, 2.45) is 0 Å². The Labute approximate surface area is 245 Å². The molecule has 5 rings (SSSR count). The number of anilines is 1. The summed E-state index contributed by atoms with van der Waals surface area (Å²) in [5.41, 5.74) is 9.81. The summed E-state index contributed by atoms with van der Waals surface area (Å²) in [7, 11) is 4.13. The molecule has 0 bridgehead atoms. The maximum absolute atomic E-state index is 13.8. The number of piperidine rings is 2. The minimum Gasteiger partial charge on any atom is -0.397 e. The number of imidazole rings is 1. The number of nitrogens with two attached hydrogens (primary N) is 1. The fraction of sp³-hybridized carbons (Fsp3) is 0.500. The minimum absolute atomic E-state index is 0.00184. The van der Waals surface area contributed by atoms with Crippen LogP contribution < -0.4 is 16.7 Å². The van der Waals surface area contributed by atoms with Crippen LogP contribution in [-0.2, 0) is 11.2 Å². The zero-order valence-electron chi connectivity index (χ0n) is 24.0. The van der Waals surface area contributed by atoms with Gasteiger partial charge in [0.05, 0.1) is 21.7 Å². The molecule has 10 nitrogen and oxygen atoms in total. The van der Waals surface area contributed by atoms with E-state index in [-0.39, 0.29) is 23.7 Å². The first-order chi connectivity index (χ1) is 19.6. The largest absolute Gasteiger partial charge is 0.397 e. The third-order valence-corrected chi connectivity index (χ3v) is 8.99. The van der Waals surface area contributed by atoms with E-state index in [9.17, 15) is 14.4 Å². The van der Waals surface area contributed by atoms with Gasteiger partial charge in [-0.2, -0.15) is 0 Å². The van der Waals surface area contributed by atoms with Crippen molar-refractivity contribution in [2.45, 2.75) is 57.2 Å². The number of urea groups is 1. The Balaban J connectivity index is 1.28. The minimum atomic E-state index is -0.730. The quantitative estimate of drug-likeness (QED) is 0.386. The number of benzene rings is 2. The molecule has 2 aromatic carbocycles. The average molecular weight is 582 g/mol. The number of aromatic nitrogens is 2. The van der Waals surface area contributed by atoms with E-state index in [1.54, 1.807) is 15.5 Å². The molecule has 0 saturated carbocycles. The van der Waals surface area contributed by atoms with Crippen LogP contribution in [-0.4, -0.2) is 88.5 Å². The van der Waals surface area contributed by atoms with Crippen molar-refractivity contribution in [1.29, 1.82) is 0 Å². The van der Waals surface area contributed by atoms with E-state index >= 15 is 0 Å². The van der Waals surface area contributed by atoms with Crippen molar-refractivity contribution in [2.75, 3.05) is 46.0 Å². The van der Waals surface area contributed by atoms with Crippen LogP contribution in [0.5, 0.6) is 0 Å². The van der Waals surface area contributed by atoms with Crippen molar-refractivity contribution in [3.05, 3.63) is 63.0 Å². The first-order valence-electron chi connectivity index (χ1n) is 14.4. The van der Waals surface area contributed by atoms with Crippen LogP contribution >= 0.6 is 11.6 Å². The highest BCUT2D eigenvalue weighted by Crippen LogP contribution is 2.27. The lowest BCUT2D eigenvalue weighted by atomic mass is 9.99. The summed E-state index contributed by atoms with van der Waals surface area (Å²) < 4.78 is 1.81. The molecule has 2 fully saturated rings. The van der Waals surface area contributed by atoms with E-state index in [1.165, 1.54) is 0 Å². The second-order valence-corrected chi connectivity index (χ2v) is 12.0. The molecular formula is C30H40ClN7O3. The standard InChI is InChI=1S/C30H40ClN7O3/c1-19-16-20(17-23(31)27(19)32)18-25(28(39)36-12-8-21(9-13-36)35(2)3)34-29(40)37-14-10-22(11-15-37)38-26-7-5-4-6-24(26)33-30(38)41/h4-7,16-17,21-22,25H,8-15,18,32H2,1-3H3,(H,33,41)(H,34,40)/t25-/m1/s1. The number of H-pyrrole nitrogens is 1. The van der Waals surface area contributed by atoms with Crippen LogP contribution in [0.2, 0.25) is 5.02 Å². The topological polar surface area (TPSA) is 120 Å². The molecular weight excluding hydrogens is 542 g/mol. The lowest BCUT2D eigenvalue weighted by Gasteiger charge is -2.38. The maximum atomic E-state index is 13.8. The van der Waals surface area contributed by atoms with Gasteiger partial charge >= 0.3 is 11.7 Å². The number of likely N-dealkylation sites (tertiary alicyclic amines) is 2. The summed E-state index contributed by atoms with van der Waals surface area (Å²) in [5.74, 6) is -0.0820. The van der Waals surface area contributed by atoms with E-state index in [0.717, 1.165) is 35.0 Å². The molecule has 1 aromatic heterocycles. The number of rotatable bonds is 6. The maximum Gasteiger partial charge on any atom is 0.326 e. The number of nitrogen functional groups attached to an aromatic ring is 1. The number of carbonyl (C=O) groups excluding carboxylic acids is 2. The van der Waals surface area contributed by atoms with Crippen LogP contribution in [0.4, 0.5) is 10.5 Å². The molecule has 0 unspecified atom stereocenters. The van der Waals surface area contributed by atoms with Crippen molar-refractivity contribution < 1.29 is 9.59 Å². The Morgan fingerprint density at radius 1 is 1.07 bits per heavy atom. The number of carbonyl (C=O) groups is 2. The number of nitrogens with zero attached hydrogens (tertiary/aromatic N) is 4. The highest BCUT2D eigenvalue weighted by molar-refractivity contribution is 6.33. The van der Waals surface area contributed by atoms with Crippen molar-refractivity contribution in [3.63, 3.8) is 0 Å². The van der Waals surface area contributed by atoms with E-state index in [2.05, 4.69) is 29.3 Å². The number of hydrogen-bond donors (Lipinski definition) is 3. The predicted octanol–water partition coefficient (Wildman–Crippen LogP) is 3.38. The third kappa shape index (κ3) is 6.23. The molecule has 220 valence electrons. The van der Waals surface area contributed by atoms with Gasteiger partial charge in [-0.25, -0.2) is 9.59 Å². The molecule has 4 N–H and O–H groups in total. The normalized spacial score (nSPS) is 17.8.